The van der Waals surface area contributed by atoms with Gasteiger partial charge in [0.25, 0.3) is 5.91 Å². The number of hydrogen-bond donors (Lipinski definition) is 0. The van der Waals surface area contributed by atoms with E-state index in [0.29, 0.717) is 34.1 Å². The van der Waals surface area contributed by atoms with Crippen LogP contribution in [0.4, 0.5) is 0 Å². The first-order valence-corrected chi connectivity index (χ1v) is 7.96. The third-order valence-electron chi connectivity index (χ3n) is 4.10. The van der Waals surface area contributed by atoms with E-state index in [1.165, 1.54) is 0 Å². The first kappa shape index (κ1) is 14.4. The highest BCUT2D eigenvalue weighted by molar-refractivity contribution is 8.00. The minimum atomic E-state index is 0.0144. The number of methoxy groups -OCH3 is 3. The van der Waals surface area contributed by atoms with E-state index in [0.717, 1.165) is 18.7 Å². The lowest BCUT2D eigenvalue weighted by molar-refractivity contribution is 0.0743. The molecule has 2 heterocycles. The summed E-state index contributed by atoms with van der Waals surface area (Å²) in [7, 11) is 4.65. The molecule has 2 saturated heterocycles. The molecular formula is C15H19NO4S. The monoisotopic (exact) mass is 309 g/mol. The standard InChI is InChI=1S/C15H19NO4S/c1-18-12-5-4-11(13(19-2)14(12)20-3)15(17)16-7-10-6-9(16)8-21-10/h4-5,9-10H,6-8H2,1-3H3. The number of hydrogen-bond acceptors (Lipinski definition) is 5. The molecule has 6 heteroatoms. The summed E-state index contributed by atoms with van der Waals surface area (Å²) < 4.78 is 16.0. The molecule has 0 aliphatic carbocycles. The van der Waals surface area contributed by atoms with Gasteiger partial charge in [0.15, 0.2) is 11.5 Å². The molecule has 1 aromatic carbocycles. The molecule has 2 unspecified atom stereocenters. The van der Waals surface area contributed by atoms with Gasteiger partial charge in [-0.1, -0.05) is 0 Å². The second-order valence-corrected chi connectivity index (χ2v) is 6.52. The highest BCUT2D eigenvalue weighted by Gasteiger charge is 2.42. The molecule has 2 aliphatic rings. The number of likely N-dealkylation sites (tertiary alicyclic amines) is 1. The summed E-state index contributed by atoms with van der Waals surface area (Å²) in [6.45, 7) is 0.825. The molecule has 21 heavy (non-hydrogen) atoms. The Balaban J connectivity index is 1.96. The van der Waals surface area contributed by atoms with Gasteiger partial charge in [-0.05, 0) is 18.6 Å². The van der Waals surface area contributed by atoms with Crippen LogP contribution in [-0.2, 0) is 0 Å². The summed E-state index contributed by atoms with van der Waals surface area (Å²) in [4.78, 5) is 14.8. The van der Waals surface area contributed by atoms with Crippen LogP contribution in [0.3, 0.4) is 0 Å². The van der Waals surface area contributed by atoms with Crippen LogP contribution in [0, 0.1) is 0 Å². The largest absolute Gasteiger partial charge is 0.493 e. The zero-order valence-corrected chi connectivity index (χ0v) is 13.2. The van der Waals surface area contributed by atoms with Crippen LogP contribution in [0.2, 0.25) is 0 Å². The van der Waals surface area contributed by atoms with E-state index in [1.54, 1.807) is 33.5 Å². The summed E-state index contributed by atoms with van der Waals surface area (Å²) in [5, 5.41) is 0.588. The van der Waals surface area contributed by atoms with Crippen molar-refractivity contribution in [2.75, 3.05) is 33.6 Å². The highest BCUT2D eigenvalue weighted by atomic mass is 32.2. The Labute approximate surface area is 128 Å². The summed E-state index contributed by atoms with van der Waals surface area (Å²) in [5.41, 5.74) is 0.535. The zero-order chi connectivity index (χ0) is 15.0. The number of thioether (sulfide) groups is 1. The van der Waals surface area contributed by atoms with E-state index >= 15 is 0 Å². The van der Waals surface area contributed by atoms with Crippen molar-refractivity contribution in [3.05, 3.63) is 17.7 Å². The van der Waals surface area contributed by atoms with E-state index in [2.05, 4.69) is 0 Å². The smallest absolute Gasteiger partial charge is 0.258 e. The lowest BCUT2D eigenvalue weighted by Crippen LogP contribution is -2.39. The topological polar surface area (TPSA) is 48.0 Å². The molecule has 5 nitrogen and oxygen atoms in total. The molecule has 0 saturated carbocycles. The Kier molecular flexibility index (Phi) is 3.89. The fraction of sp³-hybridized carbons (Fsp3) is 0.533. The van der Waals surface area contributed by atoms with Crippen LogP contribution in [0.1, 0.15) is 16.8 Å². The van der Waals surface area contributed by atoms with Gasteiger partial charge in [0.2, 0.25) is 5.75 Å². The number of amides is 1. The molecule has 114 valence electrons. The number of carbonyl (C=O) groups excluding carboxylic acids is 1. The maximum atomic E-state index is 12.8. The van der Waals surface area contributed by atoms with Crippen LogP contribution in [0.25, 0.3) is 0 Å². The summed E-state index contributed by atoms with van der Waals surface area (Å²) in [6, 6.07) is 3.85. The third-order valence-corrected chi connectivity index (χ3v) is 5.49. The molecule has 0 aromatic heterocycles. The molecule has 0 radical (unpaired) electrons. The van der Waals surface area contributed by atoms with Crippen molar-refractivity contribution in [2.24, 2.45) is 0 Å². The fourth-order valence-electron chi connectivity index (χ4n) is 3.07. The molecular weight excluding hydrogens is 290 g/mol. The molecule has 1 amide bonds. The Hall–Kier alpha value is -1.56. The first-order valence-electron chi connectivity index (χ1n) is 6.91. The second-order valence-electron chi connectivity index (χ2n) is 5.18. The fourth-order valence-corrected chi connectivity index (χ4v) is 4.51. The maximum Gasteiger partial charge on any atom is 0.258 e. The number of rotatable bonds is 4. The number of ether oxygens (including phenoxy) is 3. The zero-order valence-electron chi connectivity index (χ0n) is 12.4. The summed E-state index contributed by atoms with van der Waals surface area (Å²) >= 11 is 1.96. The minimum absolute atomic E-state index is 0.0144. The predicted octanol–water partition coefficient (Wildman–Crippen LogP) is 2.04. The van der Waals surface area contributed by atoms with Gasteiger partial charge in [-0.15, -0.1) is 0 Å². The molecule has 2 atom stereocenters. The van der Waals surface area contributed by atoms with E-state index in [1.807, 2.05) is 16.7 Å². The first-order chi connectivity index (χ1) is 10.2. The third kappa shape index (κ3) is 2.31. The van der Waals surface area contributed by atoms with Crippen molar-refractivity contribution >= 4 is 17.7 Å². The molecule has 3 rings (SSSR count). The number of carbonyl (C=O) groups is 1. The molecule has 2 fully saturated rings. The van der Waals surface area contributed by atoms with Gasteiger partial charge in [0.1, 0.15) is 0 Å². The van der Waals surface area contributed by atoms with Crippen LogP contribution >= 0.6 is 11.8 Å². The van der Waals surface area contributed by atoms with Crippen LogP contribution < -0.4 is 14.2 Å². The number of nitrogens with zero attached hydrogens (tertiary/aromatic N) is 1. The van der Waals surface area contributed by atoms with Gasteiger partial charge >= 0.3 is 0 Å². The van der Waals surface area contributed by atoms with Gasteiger partial charge in [-0.25, -0.2) is 0 Å². The van der Waals surface area contributed by atoms with E-state index in [9.17, 15) is 4.79 Å². The van der Waals surface area contributed by atoms with Crippen LogP contribution in [-0.4, -0.2) is 55.7 Å². The van der Waals surface area contributed by atoms with Crippen molar-refractivity contribution in [1.29, 1.82) is 0 Å². The molecule has 2 aliphatic heterocycles. The van der Waals surface area contributed by atoms with Crippen molar-refractivity contribution in [3.8, 4) is 17.2 Å². The van der Waals surface area contributed by atoms with Gasteiger partial charge < -0.3 is 19.1 Å². The quantitative estimate of drug-likeness (QED) is 0.852. The molecule has 0 N–H and O–H groups in total. The lowest BCUT2D eigenvalue weighted by Gasteiger charge is -2.27. The molecule has 0 spiro atoms. The average molecular weight is 309 g/mol. The van der Waals surface area contributed by atoms with Crippen LogP contribution in [0.15, 0.2) is 12.1 Å². The van der Waals surface area contributed by atoms with Crippen LogP contribution in [0.5, 0.6) is 17.2 Å². The van der Waals surface area contributed by atoms with Gasteiger partial charge in [-0.3, -0.25) is 4.79 Å². The SMILES string of the molecule is COc1ccc(C(=O)N2CC3CC2CS3)c(OC)c1OC. The Bertz CT molecular complexity index is 563. The van der Waals surface area contributed by atoms with Gasteiger partial charge in [-0.2, -0.15) is 11.8 Å². The van der Waals surface area contributed by atoms with Gasteiger partial charge in [0.05, 0.1) is 26.9 Å². The van der Waals surface area contributed by atoms with Crippen molar-refractivity contribution < 1.29 is 19.0 Å². The predicted molar refractivity (Wildman–Crippen MR) is 81.8 cm³/mol. The number of benzene rings is 1. The van der Waals surface area contributed by atoms with Crippen molar-refractivity contribution in [3.63, 3.8) is 0 Å². The van der Waals surface area contributed by atoms with Gasteiger partial charge in [0, 0.05) is 23.6 Å². The summed E-state index contributed by atoms with van der Waals surface area (Å²) in [6.07, 6.45) is 1.10. The Morgan fingerprint density at radius 2 is 1.95 bits per heavy atom. The highest BCUT2D eigenvalue weighted by Crippen LogP contribution is 2.43. The number of fused-ring (bicyclic) bond motifs is 2. The van der Waals surface area contributed by atoms with Crippen molar-refractivity contribution in [1.82, 2.24) is 4.90 Å². The van der Waals surface area contributed by atoms with E-state index in [-0.39, 0.29) is 5.91 Å². The molecule has 1 aromatic rings. The summed E-state index contributed by atoms with van der Waals surface area (Å²) in [5.74, 6) is 2.51. The normalized spacial score (nSPS) is 23.3. The molecule has 2 bridgehead atoms. The maximum absolute atomic E-state index is 12.8. The minimum Gasteiger partial charge on any atom is -0.493 e. The van der Waals surface area contributed by atoms with Crippen molar-refractivity contribution in [2.45, 2.75) is 17.7 Å². The van der Waals surface area contributed by atoms with E-state index < -0.39 is 0 Å². The Morgan fingerprint density at radius 1 is 1.19 bits per heavy atom. The second kappa shape index (κ2) is 5.67. The average Bonchev–Trinajstić information content (AvgIpc) is 3.15. The Morgan fingerprint density at radius 3 is 2.48 bits per heavy atom. The lowest BCUT2D eigenvalue weighted by atomic mass is 10.1. The van der Waals surface area contributed by atoms with E-state index in [4.69, 9.17) is 14.2 Å².